The molecule has 0 radical (unpaired) electrons. The van der Waals surface area contributed by atoms with Crippen molar-refractivity contribution in [3.63, 3.8) is 0 Å². The molecule has 1 aromatic heterocycles. The second kappa shape index (κ2) is 5.04. The Bertz CT molecular complexity index is 748. The summed E-state index contributed by atoms with van der Waals surface area (Å²) in [5.41, 5.74) is 1.52. The molecule has 2 aromatic rings. The highest BCUT2D eigenvalue weighted by Gasteiger charge is 2.29. The van der Waals surface area contributed by atoms with Crippen molar-refractivity contribution in [2.24, 2.45) is 0 Å². The summed E-state index contributed by atoms with van der Waals surface area (Å²) in [4.78, 5) is 3.02. The predicted molar refractivity (Wildman–Crippen MR) is 79.7 cm³/mol. The average molecular weight is 314 g/mol. The Morgan fingerprint density at radius 1 is 1.25 bits per heavy atom. The molecule has 5 nitrogen and oxygen atoms in total. The van der Waals surface area contributed by atoms with Crippen LogP contribution in [0.15, 0.2) is 23.2 Å². The number of nitrogens with zero attached hydrogens (tertiary/aromatic N) is 1. The summed E-state index contributed by atoms with van der Waals surface area (Å²) in [6.07, 6.45) is 0. The maximum absolute atomic E-state index is 12.7. The number of aromatic amines is 1. The molecule has 0 amide bonds. The van der Waals surface area contributed by atoms with E-state index in [9.17, 15) is 8.42 Å². The van der Waals surface area contributed by atoms with Crippen molar-refractivity contribution in [2.75, 3.05) is 26.2 Å². The molecule has 108 valence electrons. The van der Waals surface area contributed by atoms with Crippen LogP contribution in [0.3, 0.4) is 0 Å². The van der Waals surface area contributed by atoms with Gasteiger partial charge in [0.05, 0.1) is 0 Å². The highest BCUT2D eigenvalue weighted by molar-refractivity contribution is 7.89. The molecule has 1 aromatic carbocycles. The summed E-state index contributed by atoms with van der Waals surface area (Å²) in [6.45, 7) is 4.18. The SMILES string of the molecule is Cc1c(S(=O)(=O)N2CCNCC2)[nH]c2ccc(Cl)cc12. The van der Waals surface area contributed by atoms with Gasteiger partial charge in [-0.2, -0.15) is 4.31 Å². The number of rotatable bonds is 2. The molecule has 0 unspecified atom stereocenters. The van der Waals surface area contributed by atoms with Crippen LogP contribution in [0, 0.1) is 6.92 Å². The number of nitrogens with one attached hydrogen (secondary N) is 2. The Kier molecular flexibility index (Phi) is 3.50. The molecule has 2 N–H and O–H groups in total. The van der Waals surface area contributed by atoms with Crippen LogP contribution in [0.2, 0.25) is 5.02 Å². The highest BCUT2D eigenvalue weighted by Crippen LogP contribution is 2.29. The first-order valence-corrected chi connectivity index (χ1v) is 8.30. The molecular weight excluding hydrogens is 298 g/mol. The topological polar surface area (TPSA) is 65.2 Å². The molecule has 3 rings (SSSR count). The summed E-state index contributed by atoms with van der Waals surface area (Å²) < 4.78 is 26.9. The fourth-order valence-electron chi connectivity index (χ4n) is 2.55. The minimum Gasteiger partial charge on any atom is -0.344 e. The van der Waals surface area contributed by atoms with Gasteiger partial charge in [0.25, 0.3) is 10.0 Å². The smallest absolute Gasteiger partial charge is 0.258 e. The molecule has 1 saturated heterocycles. The molecule has 7 heteroatoms. The van der Waals surface area contributed by atoms with Gasteiger partial charge < -0.3 is 10.3 Å². The van der Waals surface area contributed by atoms with E-state index in [0.717, 1.165) is 16.5 Å². The van der Waals surface area contributed by atoms with E-state index < -0.39 is 10.0 Å². The number of fused-ring (bicyclic) bond motifs is 1. The lowest BCUT2D eigenvalue weighted by atomic mass is 10.2. The van der Waals surface area contributed by atoms with Crippen LogP contribution in [-0.2, 0) is 10.0 Å². The lowest BCUT2D eigenvalue weighted by Crippen LogP contribution is -2.46. The van der Waals surface area contributed by atoms with E-state index in [2.05, 4.69) is 10.3 Å². The molecule has 0 saturated carbocycles. The maximum Gasteiger partial charge on any atom is 0.258 e. The van der Waals surface area contributed by atoms with Gasteiger partial charge in [0, 0.05) is 42.1 Å². The van der Waals surface area contributed by atoms with Crippen molar-refractivity contribution in [1.29, 1.82) is 0 Å². The van der Waals surface area contributed by atoms with E-state index in [0.29, 0.717) is 31.2 Å². The van der Waals surface area contributed by atoms with Gasteiger partial charge in [-0.1, -0.05) is 11.6 Å². The van der Waals surface area contributed by atoms with Gasteiger partial charge in [0.15, 0.2) is 5.03 Å². The Balaban J connectivity index is 2.11. The van der Waals surface area contributed by atoms with Crippen LogP contribution >= 0.6 is 11.6 Å². The van der Waals surface area contributed by atoms with Crippen molar-refractivity contribution in [1.82, 2.24) is 14.6 Å². The first-order valence-electron chi connectivity index (χ1n) is 6.49. The molecule has 1 fully saturated rings. The number of hydrogen-bond donors (Lipinski definition) is 2. The zero-order valence-electron chi connectivity index (χ0n) is 11.1. The van der Waals surface area contributed by atoms with Crippen molar-refractivity contribution >= 4 is 32.5 Å². The summed E-state index contributed by atoms with van der Waals surface area (Å²) in [5, 5.41) is 4.88. The lowest BCUT2D eigenvalue weighted by molar-refractivity contribution is 0.359. The summed E-state index contributed by atoms with van der Waals surface area (Å²) in [6, 6.07) is 5.35. The number of H-pyrrole nitrogens is 1. The Morgan fingerprint density at radius 2 is 1.95 bits per heavy atom. The van der Waals surface area contributed by atoms with Gasteiger partial charge in [-0.05, 0) is 30.7 Å². The zero-order valence-corrected chi connectivity index (χ0v) is 12.7. The molecule has 1 aliphatic rings. The van der Waals surface area contributed by atoms with Crippen molar-refractivity contribution in [3.8, 4) is 0 Å². The van der Waals surface area contributed by atoms with Crippen LogP contribution in [-0.4, -0.2) is 43.9 Å². The predicted octanol–water partition coefficient (Wildman–Crippen LogP) is 1.72. The van der Waals surface area contributed by atoms with Gasteiger partial charge in [-0.15, -0.1) is 0 Å². The zero-order chi connectivity index (χ0) is 14.3. The van der Waals surface area contributed by atoms with Crippen LogP contribution in [0.1, 0.15) is 5.56 Å². The number of halogens is 1. The normalized spacial score (nSPS) is 17.7. The Hall–Kier alpha value is -1.08. The number of aryl methyl sites for hydroxylation is 1. The second-order valence-electron chi connectivity index (χ2n) is 4.92. The van der Waals surface area contributed by atoms with Gasteiger partial charge in [-0.25, -0.2) is 8.42 Å². The average Bonchev–Trinajstić information content (AvgIpc) is 2.78. The number of aromatic nitrogens is 1. The van der Waals surface area contributed by atoms with E-state index >= 15 is 0 Å². The fourth-order valence-corrected chi connectivity index (χ4v) is 4.38. The van der Waals surface area contributed by atoms with Crippen LogP contribution in [0.5, 0.6) is 0 Å². The van der Waals surface area contributed by atoms with Crippen LogP contribution in [0.25, 0.3) is 10.9 Å². The van der Waals surface area contributed by atoms with E-state index in [1.165, 1.54) is 4.31 Å². The quantitative estimate of drug-likeness (QED) is 0.887. The largest absolute Gasteiger partial charge is 0.344 e. The minimum atomic E-state index is -3.47. The molecule has 20 heavy (non-hydrogen) atoms. The van der Waals surface area contributed by atoms with Crippen LogP contribution in [0.4, 0.5) is 0 Å². The van der Waals surface area contributed by atoms with E-state index in [-0.39, 0.29) is 5.03 Å². The van der Waals surface area contributed by atoms with Crippen molar-refractivity contribution < 1.29 is 8.42 Å². The van der Waals surface area contributed by atoms with E-state index in [1.807, 2.05) is 6.92 Å². The molecule has 0 aliphatic carbocycles. The van der Waals surface area contributed by atoms with Gasteiger partial charge >= 0.3 is 0 Å². The number of benzene rings is 1. The summed E-state index contributed by atoms with van der Waals surface area (Å²) in [5.74, 6) is 0. The van der Waals surface area contributed by atoms with Gasteiger partial charge in [-0.3, -0.25) is 0 Å². The Labute approximate surface area is 123 Å². The molecule has 0 atom stereocenters. The number of hydrogen-bond acceptors (Lipinski definition) is 3. The third kappa shape index (κ3) is 2.22. The summed E-state index contributed by atoms with van der Waals surface area (Å²) >= 11 is 5.98. The third-order valence-electron chi connectivity index (χ3n) is 3.65. The molecule has 0 spiro atoms. The molecule has 1 aliphatic heterocycles. The van der Waals surface area contributed by atoms with E-state index in [1.54, 1.807) is 18.2 Å². The summed E-state index contributed by atoms with van der Waals surface area (Å²) in [7, 11) is -3.47. The molecule has 0 bridgehead atoms. The Morgan fingerprint density at radius 3 is 2.65 bits per heavy atom. The highest BCUT2D eigenvalue weighted by atomic mass is 35.5. The van der Waals surface area contributed by atoms with Gasteiger partial charge in [0.2, 0.25) is 0 Å². The third-order valence-corrected chi connectivity index (χ3v) is 5.85. The lowest BCUT2D eigenvalue weighted by Gasteiger charge is -2.26. The first-order chi connectivity index (χ1) is 9.50. The molecular formula is C13H16ClN3O2S. The van der Waals surface area contributed by atoms with Crippen molar-refractivity contribution in [3.05, 3.63) is 28.8 Å². The van der Waals surface area contributed by atoms with Crippen LogP contribution < -0.4 is 5.32 Å². The first kappa shape index (κ1) is 13.9. The maximum atomic E-state index is 12.7. The second-order valence-corrected chi connectivity index (χ2v) is 7.23. The number of piperazine rings is 1. The fraction of sp³-hybridized carbons (Fsp3) is 0.385. The van der Waals surface area contributed by atoms with Crippen molar-refractivity contribution in [2.45, 2.75) is 11.9 Å². The molecule has 2 heterocycles. The monoisotopic (exact) mass is 313 g/mol. The minimum absolute atomic E-state index is 0.275. The van der Waals surface area contributed by atoms with Gasteiger partial charge in [0.1, 0.15) is 0 Å². The standard InChI is InChI=1S/C13H16ClN3O2S/c1-9-11-8-10(14)2-3-12(11)16-13(9)20(18,19)17-6-4-15-5-7-17/h2-3,8,15-16H,4-7H2,1H3. The number of sulfonamides is 1. The van der Waals surface area contributed by atoms with E-state index in [4.69, 9.17) is 11.6 Å².